The Bertz CT molecular complexity index is 497. The monoisotopic (exact) mass is 299 g/mol. The zero-order valence-corrected chi connectivity index (χ0v) is 13.2. The SMILES string of the molecule is CC(C)NC(=O)C(C)Nc1nc(C(C)(C)C(=O)O)cs1. The van der Waals surface area contributed by atoms with Gasteiger partial charge in [0.15, 0.2) is 5.13 Å². The summed E-state index contributed by atoms with van der Waals surface area (Å²) in [4.78, 5) is 27.2. The minimum absolute atomic E-state index is 0.0737. The molecule has 0 aliphatic heterocycles. The number of carboxylic acid groups (broad SMARTS) is 1. The topological polar surface area (TPSA) is 91.3 Å². The Morgan fingerprint density at radius 3 is 2.45 bits per heavy atom. The molecule has 0 aliphatic carbocycles. The average molecular weight is 299 g/mol. The second-order valence-electron chi connectivity index (χ2n) is 5.50. The highest BCUT2D eigenvalue weighted by Crippen LogP contribution is 2.27. The van der Waals surface area contributed by atoms with Crippen LogP contribution in [0.25, 0.3) is 0 Å². The number of rotatable bonds is 6. The van der Waals surface area contributed by atoms with E-state index in [0.717, 1.165) is 0 Å². The largest absolute Gasteiger partial charge is 0.481 e. The maximum atomic E-state index is 11.8. The fraction of sp³-hybridized carbons (Fsp3) is 0.615. The predicted octanol–water partition coefficient (Wildman–Crippen LogP) is 1.83. The van der Waals surface area contributed by atoms with E-state index in [1.54, 1.807) is 26.2 Å². The van der Waals surface area contributed by atoms with E-state index < -0.39 is 17.4 Å². The van der Waals surface area contributed by atoms with Crippen LogP contribution in [-0.4, -0.2) is 34.1 Å². The number of hydrogen-bond acceptors (Lipinski definition) is 5. The van der Waals surface area contributed by atoms with E-state index in [1.165, 1.54) is 11.3 Å². The zero-order valence-electron chi connectivity index (χ0n) is 12.4. The second kappa shape index (κ2) is 6.21. The van der Waals surface area contributed by atoms with Crippen LogP contribution in [-0.2, 0) is 15.0 Å². The molecular formula is C13H21N3O3S. The molecule has 1 unspecified atom stereocenters. The molecule has 3 N–H and O–H groups in total. The van der Waals surface area contributed by atoms with Gasteiger partial charge in [-0.15, -0.1) is 11.3 Å². The minimum atomic E-state index is -1.04. The highest BCUT2D eigenvalue weighted by Gasteiger charge is 2.32. The van der Waals surface area contributed by atoms with E-state index in [-0.39, 0.29) is 11.9 Å². The lowest BCUT2D eigenvalue weighted by Gasteiger charge is -2.17. The summed E-state index contributed by atoms with van der Waals surface area (Å²) in [5.74, 6) is -1.05. The second-order valence-corrected chi connectivity index (χ2v) is 6.36. The summed E-state index contributed by atoms with van der Waals surface area (Å²) < 4.78 is 0. The molecule has 6 nitrogen and oxygen atoms in total. The summed E-state index contributed by atoms with van der Waals surface area (Å²) in [7, 11) is 0. The lowest BCUT2D eigenvalue weighted by Crippen LogP contribution is -2.41. The molecule has 0 bridgehead atoms. The molecular weight excluding hydrogens is 278 g/mol. The van der Waals surface area contributed by atoms with Crippen LogP contribution in [0.4, 0.5) is 5.13 Å². The van der Waals surface area contributed by atoms with Crippen LogP contribution >= 0.6 is 11.3 Å². The Morgan fingerprint density at radius 1 is 1.35 bits per heavy atom. The van der Waals surface area contributed by atoms with E-state index in [2.05, 4.69) is 15.6 Å². The Balaban J connectivity index is 2.74. The van der Waals surface area contributed by atoms with Gasteiger partial charge in [-0.1, -0.05) is 0 Å². The van der Waals surface area contributed by atoms with Crippen LogP contribution in [0.3, 0.4) is 0 Å². The minimum Gasteiger partial charge on any atom is -0.481 e. The van der Waals surface area contributed by atoms with Crippen molar-refractivity contribution in [1.82, 2.24) is 10.3 Å². The normalized spacial score (nSPS) is 13.1. The van der Waals surface area contributed by atoms with Crippen LogP contribution in [0.5, 0.6) is 0 Å². The molecule has 1 aromatic rings. The first-order valence-electron chi connectivity index (χ1n) is 6.41. The lowest BCUT2D eigenvalue weighted by atomic mass is 9.90. The summed E-state index contributed by atoms with van der Waals surface area (Å²) in [6.45, 7) is 8.72. The van der Waals surface area contributed by atoms with Crippen molar-refractivity contribution >= 4 is 28.3 Å². The molecule has 0 radical (unpaired) electrons. The van der Waals surface area contributed by atoms with Crippen LogP contribution < -0.4 is 10.6 Å². The van der Waals surface area contributed by atoms with Gasteiger partial charge in [0, 0.05) is 11.4 Å². The van der Waals surface area contributed by atoms with Crippen molar-refractivity contribution in [2.45, 2.75) is 52.1 Å². The molecule has 0 spiro atoms. The number of thiazole rings is 1. The Hall–Kier alpha value is -1.63. The highest BCUT2D eigenvalue weighted by atomic mass is 32.1. The quantitative estimate of drug-likeness (QED) is 0.745. The third-order valence-corrected chi connectivity index (χ3v) is 3.62. The fourth-order valence-corrected chi connectivity index (χ4v) is 2.36. The summed E-state index contributed by atoms with van der Waals surface area (Å²) >= 11 is 1.29. The van der Waals surface area contributed by atoms with Crippen LogP contribution in [0, 0.1) is 0 Å². The molecule has 112 valence electrons. The standard InChI is InChI=1S/C13H21N3O3S/c1-7(2)14-10(17)8(3)15-12-16-9(6-20-12)13(4,5)11(18)19/h6-8H,1-5H3,(H,14,17)(H,15,16)(H,18,19). The van der Waals surface area contributed by atoms with Gasteiger partial charge >= 0.3 is 5.97 Å². The number of carbonyl (C=O) groups is 2. The molecule has 7 heteroatoms. The van der Waals surface area contributed by atoms with Gasteiger partial charge in [-0.3, -0.25) is 9.59 Å². The van der Waals surface area contributed by atoms with Crippen LogP contribution in [0.1, 0.15) is 40.3 Å². The Morgan fingerprint density at radius 2 is 1.95 bits per heavy atom. The van der Waals surface area contributed by atoms with Gasteiger partial charge in [0.25, 0.3) is 0 Å². The molecule has 1 heterocycles. The molecule has 0 fully saturated rings. The van der Waals surface area contributed by atoms with Crippen molar-refractivity contribution in [3.63, 3.8) is 0 Å². The first kappa shape index (κ1) is 16.4. The van der Waals surface area contributed by atoms with Gasteiger partial charge < -0.3 is 15.7 Å². The lowest BCUT2D eigenvalue weighted by molar-refractivity contribution is -0.142. The number of hydrogen-bond donors (Lipinski definition) is 3. The molecule has 0 saturated heterocycles. The molecule has 1 rings (SSSR count). The van der Waals surface area contributed by atoms with E-state index in [0.29, 0.717) is 10.8 Å². The molecule has 1 amide bonds. The fourth-order valence-electron chi connectivity index (χ4n) is 1.40. The number of amides is 1. The molecule has 0 aliphatic rings. The van der Waals surface area contributed by atoms with E-state index in [1.807, 2.05) is 13.8 Å². The average Bonchev–Trinajstić information content (AvgIpc) is 2.76. The van der Waals surface area contributed by atoms with Gasteiger partial charge in [-0.25, -0.2) is 4.98 Å². The number of nitrogens with one attached hydrogen (secondary N) is 2. The van der Waals surface area contributed by atoms with Gasteiger partial charge in [0.05, 0.1) is 5.69 Å². The third kappa shape index (κ3) is 3.93. The van der Waals surface area contributed by atoms with Gasteiger partial charge in [0.1, 0.15) is 11.5 Å². The summed E-state index contributed by atoms with van der Waals surface area (Å²) in [5, 5.41) is 17.2. The van der Waals surface area contributed by atoms with Crippen molar-refractivity contribution in [3.05, 3.63) is 11.1 Å². The highest BCUT2D eigenvalue weighted by molar-refractivity contribution is 7.13. The number of carbonyl (C=O) groups excluding carboxylic acids is 1. The van der Waals surface area contributed by atoms with E-state index >= 15 is 0 Å². The summed E-state index contributed by atoms with van der Waals surface area (Å²) in [6, 6.07) is -0.353. The molecule has 20 heavy (non-hydrogen) atoms. The van der Waals surface area contributed by atoms with Crippen molar-refractivity contribution in [1.29, 1.82) is 0 Å². The number of carboxylic acids is 1. The van der Waals surface area contributed by atoms with Crippen molar-refractivity contribution in [2.24, 2.45) is 0 Å². The van der Waals surface area contributed by atoms with Crippen LogP contribution in [0.2, 0.25) is 0 Å². The van der Waals surface area contributed by atoms with Gasteiger partial charge in [-0.05, 0) is 34.6 Å². The maximum Gasteiger partial charge on any atom is 0.315 e. The van der Waals surface area contributed by atoms with Crippen LogP contribution in [0.15, 0.2) is 5.38 Å². The summed E-state index contributed by atoms with van der Waals surface area (Å²) in [6.07, 6.45) is 0. The smallest absolute Gasteiger partial charge is 0.315 e. The molecule has 0 saturated carbocycles. The first-order valence-corrected chi connectivity index (χ1v) is 7.29. The molecule has 1 atom stereocenters. The number of nitrogens with zero attached hydrogens (tertiary/aromatic N) is 1. The summed E-state index contributed by atoms with van der Waals surface area (Å²) in [5.41, 5.74) is -0.561. The zero-order chi connectivity index (χ0) is 15.5. The number of aliphatic carboxylic acids is 1. The number of aromatic nitrogens is 1. The van der Waals surface area contributed by atoms with Crippen molar-refractivity contribution < 1.29 is 14.7 Å². The van der Waals surface area contributed by atoms with Crippen molar-refractivity contribution in [2.75, 3.05) is 5.32 Å². The predicted molar refractivity (Wildman–Crippen MR) is 79.1 cm³/mol. The van der Waals surface area contributed by atoms with E-state index in [4.69, 9.17) is 5.11 Å². The molecule has 0 aromatic carbocycles. The maximum absolute atomic E-state index is 11.8. The number of anilines is 1. The Labute approximate surface area is 122 Å². The third-order valence-electron chi connectivity index (χ3n) is 2.84. The molecule has 1 aromatic heterocycles. The van der Waals surface area contributed by atoms with Gasteiger partial charge in [-0.2, -0.15) is 0 Å². The van der Waals surface area contributed by atoms with Gasteiger partial charge in [0.2, 0.25) is 5.91 Å². The van der Waals surface area contributed by atoms with Crippen molar-refractivity contribution in [3.8, 4) is 0 Å². The Kier molecular flexibility index (Phi) is 5.10. The first-order chi connectivity index (χ1) is 9.14. The van der Waals surface area contributed by atoms with E-state index in [9.17, 15) is 9.59 Å².